The highest BCUT2D eigenvalue weighted by Crippen LogP contribution is 2.38. The normalized spacial score (nSPS) is 42.6. The minimum atomic E-state index is -5.59. The van der Waals surface area contributed by atoms with Crippen LogP contribution in [-0.4, -0.2) is 350 Å². The number of ether oxygens (including phenoxy) is 11. The second-order valence-electron chi connectivity index (χ2n) is 20.6. The number of rotatable bonds is 25. The van der Waals surface area contributed by atoms with Gasteiger partial charge >= 0.3 is 49.1 Å². The highest BCUT2D eigenvalue weighted by atomic mass is 32.3. The number of carboxylic acid groups (broad SMARTS) is 3. The van der Waals surface area contributed by atoms with Crippen molar-refractivity contribution >= 4 is 66.8 Å². The number of aliphatic hydroxyl groups excluding tert-OH is 11. The zero-order valence-electron chi connectivity index (χ0n) is 46.4. The van der Waals surface area contributed by atoms with Crippen molar-refractivity contribution in [1.29, 1.82) is 0 Å². The summed E-state index contributed by atoms with van der Waals surface area (Å²) in [5.74, 6) is -9.65. The van der Waals surface area contributed by atoms with Crippen molar-refractivity contribution < 1.29 is 204 Å². The van der Waals surface area contributed by atoms with Crippen LogP contribution in [0.4, 0.5) is 0 Å². The van der Waals surface area contributed by atoms with Crippen molar-refractivity contribution in [3.63, 3.8) is 0 Å². The molecule has 0 spiro atoms. The lowest BCUT2D eigenvalue weighted by Gasteiger charge is -2.50. The molecule has 524 valence electrons. The minimum absolute atomic E-state index is 0.749. The van der Waals surface area contributed by atoms with E-state index in [0.717, 1.165) is 20.8 Å². The first-order valence-electron chi connectivity index (χ1n) is 26.0. The van der Waals surface area contributed by atoms with Crippen LogP contribution in [0.15, 0.2) is 0 Å². The number of aliphatic carboxylic acids is 3. The van der Waals surface area contributed by atoms with E-state index in [-0.39, 0.29) is 0 Å². The van der Waals surface area contributed by atoms with Gasteiger partial charge in [-0.2, -0.15) is 25.3 Å². The first-order valence-corrected chi connectivity index (χ1v) is 30.1. The van der Waals surface area contributed by atoms with Gasteiger partial charge in [-0.25, -0.2) is 26.9 Å². The summed E-state index contributed by atoms with van der Waals surface area (Å²) < 4.78 is 173. The molecule has 6 saturated heterocycles. The maximum absolute atomic E-state index is 13.1. The molecular weight excluding hydrogens is 1330 g/mol. The lowest BCUT2D eigenvalue weighted by Crippen LogP contribution is -2.71. The number of carbonyl (C=O) groups excluding carboxylic acids is 3. The molecule has 6 rings (SSSR count). The van der Waals surface area contributed by atoms with E-state index >= 15 is 0 Å². The van der Waals surface area contributed by atoms with Crippen molar-refractivity contribution in [3.8, 4) is 0 Å². The number of nitrogens with one attached hydrogen (secondary N) is 3. The fourth-order valence-corrected chi connectivity index (χ4v) is 11.3. The largest absolute Gasteiger partial charge is 0.479 e. The van der Waals surface area contributed by atoms with Crippen LogP contribution in [0.5, 0.6) is 0 Å². The average molecular weight is 1400 g/mol. The molecule has 0 aromatic carbocycles. The quantitative estimate of drug-likeness (QED) is 0.0377. The Hall–Kier alpha value is -4.45. The molecule has 1 unspecified atom stereocenters. The summed E-state index contributed by atoms with van der Waals surface area (Å²) in [6, 6.07) is -6.49. The van der Waals surface area contributed by atoms with Crippen molar-refractivity contribution in [2.45, 2.75) is 205 Å². The van der Waals surface area contributed by atoms with Crippen LogP contribution in [-0.2, 0) is 125 Å². The third-order valence-corrected chi connectivity index (χ3v) is 15.5. The summed E-state index contributed by atoms with van der Waals surface area (Å²) in [5.41, 5.74) is 0. The van der Waals surface area contributed by atoms with E-state index in [4.69, 9.17) is 52.1 Å². The third-order valence-electron chi connectivity index (χ3n) is 14.1. The van der Waals surface area contributed by atoms with Gasteiger partial charge < -0.3 is 140 Å². The van der Waals surface area contributed by atoms with Crippen LogP contribution < -0.4 is 16.0 Å². The zero-order valence-corrected chi connectivity index (χ0v) is 48.8. The van der Waals surface area contributed by atoms with E-state index in [1.165, 1.54) is 0 Å². The molecule has 46 nitrogen and oxygen atoms in total. The highest BCUT2D eigenvalue weighted by molar-refractivity contribution is 7.81. The SMILES string of the molecule is CC(=O)N[C@H]1[C@H](O[C@H]2[C@H](O)[C@@H](O)[C@H](O[C@H]3[C@@H](O)[C@@H](COS(=O)(=O)O)O[C@@H](O[C@H]4[C@H](O)[C@@H](O)[C@H](O[C@H]5[C@@H](OS(=O)(=O)O)[C@@H](CO)OC(O)[C@@H]5NC(C)=O)O[C@@H]4C(=O)O)[C@@H]3NC(C)=O)O[C@@H]2C(=O)O)O[C@H](COS(=O)(=O)O)[C@H](O)[C@@H]1O[C@@H]1O[C@H](C(=O)O)[C@@H](O)[C@H](O)[C@H]1O. The molecule has 6 heterocycles. The number of carboxylic acids is 3. The first-order chi connectivity index (χ1) is 42.0. The number of aliphatic hydroxyl groups is 11. The number of amides is 3. The second-order valence-corrected chi connectivity index (χ2v) is 23.9. The first kappa shape index (κ1) is 75.6. The van der Waals surface area contributed by atoms with Gasteiger partial charge in [0.15, 0.2) is 56.1 Å². The Bertz CT molecular complexity index is 2920. The average Bonchev–Trinajstić information content (AvgIpc) is 0.808. The van der Waals surface area contributed by atoms with Gasteiger partial charge in [-0.3, -0.25) is 28.0 Å². The lowest BCUT2D eigenvalue weighted by molar-refractivity contribution is -0.376. The van der Waals surface area contributed by atoms with E-state index in [1.54, 1.807) is 0 Å². The summed E-state index contributed by atoms with van der Waals surface area (Å²) in [5, 5.41) is 159. The van der Waals surface area contributed by atoms with Crippen LogP contribution in [0.1, 0.15) is 20.8 Å². The van der Waals surface area contributed by atoms with Gasteiger partial charge in [0.25, 0.3) is 0 Å². The Kier molecular flexibility index (Phi) is 25.3. The van der Waals surface area contributed by atoms with Crippen LogP contribution >= 0.6 is 0 Å². The molecule has 0 aromatic heterocycles. The Morgan fingerprint density at radius 2 is 0.714 bits per heavy atom. The number of hydrogen-bond acceptors (Lipinski definition) is 37. The van der Waals surface area contributed by atoms with Crippen LogP contribution in [0, 0.1) is 0 Å². The Balaban J connectivity index is 1.33. The molecular formula is C42H65N3O43S3. The van der Waals surface area contributed by atoms with Crippen molar-refractivity contribution in [2.24, 2.45) is 0 Å². The molecule has 0 radical (unpaired) electrons. The van der Waals surface area contributed by atoms with E-state index in [2.05, 4.69) is 28.5 Å². The zero-order chi connectivity index (χ0) is 68.4. The summed E-state index contributed by atoms with van der Waals surface area (Å²) in [6.07, 6.45) is -67.1. The fourth-order valence-electron chi connectivity index (χ4n) is 10.2. The third kappa shape index (κ3) is 18.7. The predicted octanol–water partition coefficient (Wildman–Crippen LogP) is -13.9. The molecule has 0 saturated carbocycles. The highest BCUT2D eigenvalue weighted by Gasteiger charge is 2.61. The van der Waals surface area contributed by atoms with Crippen LogP contribution in [0.3, 0.4) is 0 Å². The lowest BCUT2D eigenvalue weighted by atomic mass is 9.93. The Morgan fingerprint density at radius 3 is 1.05 bits per heavy atom. The second kappa shape index (κ2) is 30.5. The maximum atomic E-state index is 13.1. The van der Waals surface area contributed by atoms with Crippen molar-refractivity contribution in [3.05, 3.63) is 0 Å². The molecule has 6 aliphatic heterocycles. The van der Waals surface area contributed by atoms with E-state index in [1.807, 2.05) is 0 Å². The van der Waals surface area contributed by atoms with Gasteiger partial charge in [0.1, 0.15) is 128 Å². The van der Waals surface area contributed by atoms with Gasteiger partial charge in [0, 0.05) is 20.8 Å². The summed E-state index contributed by atoms with van der Waals surface area (Å²) >= 11 is 0. The summed E-state index contributed by atoms with van der Waals surface area (Å²) in [4.78, 5) is 75.8. The van der Waals surface area contributed by atoms with Gasteiger partial charge in [0.2, 0.25) is 17.7 Å². The summed E-state index contributed by atoms with van der Waals surface area (Å²) in [6.45, 7) is -1.84. The fraction of sp³-hybridized carbons (Fsp3) is 0.857. The maximum Gasteiger partial charge on any atom is 0.397 e. The van der Waals surface area contributed by atoms with E-state index < -0.39 is 271 Å². The van der Waals surface area contributed by atoms with Crippen LogP contribution in [0.2, 0.25) is 0 Å². The topological polar surface area (TPSA) is 714 Å². The van der Waals surface area contributed by atoms with Crippen molar-refractivity contribution in [1.82, 2.24) is 16.0 Å². The molecule has 3 amide bonds. The molecule has 30 atom stereocenters. The molecule has 20 N–H and O–H groups in total. The molecule has 0 aliphatic carbocycles. The molecule has 91 heavy (non-hydrogen) atoms. The molecule has 0 aromatic rings. The summed E-state index contributed by atoms with van der Waals surface area (Å²) in [7, 11) is -16.6. The molecule has 0 bridgehead atoms. The smallest absolute Gasteiger partial charge is 0.397 e. The number of carbonyl (C=O) groups is 6. The Morgan fingerprint density at radius 1 is 0.374 bits per heavy atom. The predicted molar refractivity (Wildman–Crippen MR) is 267 cm³/mol. The minimum Gasteiger partial charge on any atom is -0.479 e. The number of hydrogen-bond donors (Lipinski definition) is 20. The van der Waals surface area contributed by atoms with Gasteiger partial charge in [0.05, 0.1) is 19.8 Å². The standard InChI is InChI=1S/C42H65N3O43S3/c1-7(47)43-13-28(25(88-91(72,73)74)10(4-46)77-37(13)65)82-42-24(58)21(55)30(33(87-42)36(63)64)84-39-15(45-9(3)49)27(17(51)12(79-39)6-76-90(69,70)71)81-41-23(57)20(54)29(32(86-41)35(61)62)83-38-14(44-8(2)48)26(16(50)11(78-38)5-75-89(66,67)68)80-40-22(56)18(52)19(53)31(85-40)34(59)60/h10-33,37-42,46,50-58,65H,4-6H2,1-3H3,(H,43,47)(H,44,48)(H,45,49)(H,59,60)(H,61,62)(H,63,64)(H,66,67,68)(H,69,70,71)(H,72,73,74)/t10-,11-,12-,13-,14-,15-,16+,17+,18+,19+,20-,21-,22-,23-,24-,25+,26-,27-,28-,29+,30+,31+,32+,33+,37?,38+,39+,40-,41-,42-/m1/s1. The van der Waals surface area contributed by atoms with E-state index in [9.17, 15) is 139 Å². The molecule has 6 fully saturated rings. The monoisotopic (exact) mass is 1400 g/mol. The van der Waals surface area contributed by atoms with Gasteiger partial charge in [-0.05, 0) is 0 Å². The van der Waals surface area contributed by atoms with E-state index in [0.29, 0.717) is 0 Å². The Labute approximate surface area is 510 Å². The van der Waals surface area contributed by atoms with Gasteiger partial charge in [-0.1, -0.05) is 0 Å². The van der Waals surface area contributed by atoms with Gasteiger partial charge in [-0.15, -0.1) is 0 Å². The molecule has 49 heteroatoms. The van der Waals surface area contributed by atoms with Crippen molar-refractivity contribution in [2.75, 3.05) is 19.8 Å². The molecule has 6 aliphatic rings. The van der Waals surface area contributed by atoms with Crippen LogP contribution in [0.25, 0.3) is 0 Å².